The molecule has 4 rings (SSSR count). The van der Waals surface area contributed by atoms with Gasteiger partial charge in [-0.05, 0) is 43.4 Å². The minimum Gasteiger partial charge on any atom is -0.362 e. The number of aromatic nitrogens is 4. The van der Waals surface area contributed by atoms with Crippen molar-refractivity contribution in [1.29, 1.82) is 0 Å². The predicted molar refractivity (Wildman–Crippen MR) is 97.7 cm³/mol. The van der Waals surface area contributed by atoms with Gasteiger partial charge in [0.2, 0.25) is 5.28 Å². The molecule has 2 unspecified atom stereocenters. The molecular formula is C18H20ClN5O. The quantitative estimate of drug-likeness (QED) is 0.703. The van der Waals surface area contributed by atoms with Crippen LogP contribution in [0.25, 0.3) is 11.2 Å². The van der Waals surface area contributed by atoms with Gasteiger partial charge in [-0.2, -0.15) is 9.97 Å². The molecule has 25 heavy (non-hydrogen) atoms. The summed E-state index contributed by atoms with van der Waals surface area (Å²) in [5.74, 6) is 0.640. The van der Waals surface area contributed by atoms with Crippen LogP contribution in [0.2, 0.25) is 5.28 Å². The molecule has 1 N–H and O–H groups in total. The number of nitrogens with one attached hydrogen (secondary N) is 1. The van der Waals surface area contributed by atoms with E-state index in [0.717, 1.165) is 25.9 Å². The van der Waals surface area contributed by atoms with E-state index < -0.39 is 0 Å². The summed E-state index contributed by atoms with van der Waals surface area (Å²) in [5, 5.41) is 3.61. The van der Waals surface area contributed by atoms with Crippen molar-refractivity contribution in [3.63, 3.8) is 0 Å². The molecule has 1 saturated heterocycles. The van der Waals surface area contributed by atoms with E-state index >= 15 is 0 Å². The molecule has 1 aliphatic rings. The Labute approximate surface area is 151 Å². The third-order valence-corrected chi connectivity index (χ3v) is 4.68. The predicted octanol–water partition coefficient (Wildman–Crippen LogP) is 4.35. The fourth-order valence-electron chi connectivity index (χ4n) is 3.17. The second-order valence-corrected chi connectivity index (χ2v) is 6.60. The van der Waals surface area contributed by atoms with E-state index in [-0.39, 0.29) is 17.6 Å². The number of hydrogen-bond acceptors (Lipinski definition) is 5. The number of nitrogens with zero attached hydrogens (tertiary/aromatic N) is 4. The summed E-state index contributed by atoms with van der Waals surface area (Å²) in [6.07, 6.45) is 4.92. The highest BCUT2D eigenvalue weighted by Crippen LogP contribution is 2.30. The Morgan fingerprint density at radius 3 is 2.84 bits per heavy atom. The molecule has 2 aromatic heterocycles. The van der Waals surface area contributed by atoms with E-state index in [2.05, 4.69) is 39.3 Å². The summed E-state index contributed by atoms with van der Waals surface area (Å²) in [6.45, 7) is 2.84. The third kappa shape index (κ3) is 3.32. The molecule has 0 radical (unpaired) electrons. The van der Waals surface area contributed by atoms with Crippen molar-refractivity contribution in [2.45, 2.75) is 38.5 Å². The molecule has 0 bridgehead atoms. The van der Waals surface area contributed by atoms with Gasteiger partial charge in [-0.15, -0.1) is 0 Å². The molecular weight excluding hydrogens is 338 g/mol. The molecule has 1 aromatic carbocycles. The number of halogens is 1. The molecule has 0 amide bonds. The summed E-state index contributed by atoms with van der Waals surface area (Å²) in [4.78, 5) is 13.3. The maximum Gasteiger partial charge on any atom is 0.226 e. The fraction of sp³-hybridized carbons (Fsp3) is 0.389. The van der Waals surface area contributed by atoms with Crippen LogP contribution in [0.15, 0.2) is 36.7 Å². The third-order valence-electron chi connectivity index (χ3n) is 4.51. The van der Waals surface area contributed by atoms with E-state index in [1.54, 1.807) is 6.33 Å². The molecule has 7 heteroatoms. The minimum absolute atomic E-state index is 0.0379. The Kier molecular flexibility index (Phi) is 4.55. The fourth-order valence-corrected chi connectivity index (χ4v) is 3.34. The van der Waals surface area contributed by atoms with E-state index in [9.17, 15) is 0 Å². The average Bonchev–Trinajstić information content (AvgIpc) is 3.07. The first-order valence-electron chi connectivity index (χ1n) is 8.55. The van der Waals surface area contributed by atoms with Gasteiger partial charge in [0.1, 0.15) is 6.23 Å². The maximum atomic E-state index is 6.18. The number of hydrogen-bond donors (Lipinski definition) is 1. The van der Waals surface area contributed by atoms with Crippen molar-refractivity contribution < 1.29 is 4.74 Å². The van der Waals surface area contributed by atoms with Crippen LogP contribution in [0.3, 0.4) is 0 Å². The second-order valence-electron chi connectivity index (χ2n) is 6.26. The van der Waals surface area contributed by atoms with Crippen molar-refractivity contribution in [3.05, 3.63) is 47.5 Å². The van der Waals surface area contributed by atoms with Crippen LogP contribution in [0.1, 0.15) is 44.0 Å². The lowest BCUT2D eigenvalue weighted by Crippen LogP contribution is -2.18. The molecule has 6 nitrogen and oxygen atoms in total. The molecule has 2 atom stereocenters. The van der Waals surface area contributed by atoms with Crippen molar-refractivity contribution in [2.24, 2.45) is 0 Å². The van der Waals surface area contributed by atoms with Crippen LogP contribution in [0.4, 0.5) is 5.82 Å². The maximum absolute atomic E-state index is 6.18. The minimum atomic E-state index is -0.0379. The topological polar surface area (TPSA) is 64.9 Å². The number of ether oxygens (including phenoxy) is 1. The van der Waals surface area contributed by atoms with Gasteiger partial charge in [-0.25, -0.2) is 4.98 Å². The molecule has 0 spiro atoms. The lowest BCUT2D eigenvalue weighted by atomic mass is 10.1. The lowest BCUT2D eigenvalue weighted by molar-refractivity contribution is -0.0298. The highest BCUT2D eigenvalue weighted by atomic mass is 35.5. The lowest BCUT2D eigenvalue weighted by Gasteiger charge is -2.23. The zero-order valence-corrected chi connectivity index (χ0v) is 14.8. The van der Waals surface area contributed by atoms with Crippen molar-refractivity contribution >= 4 is 28.6 Å². The van der Waals surface area contributed by atoms with Gasteiger partial charge in [0, 0.05) is 6.61 Å². The van der Waals surface area contributed by atoms with Crippen LogP contribution < -0.4 is 5.32 Å². The summed E-state index contributed by atoms with van der Waals surface area (Å²) >= 11 is 6.18. The van der Waals surface area contributed by atoms with Gasteiger partial charge in [0.05, 0.1) is 12.4 Å². The first kappa shape index (κ1) is 16.3. The smallest absolute Gasteiger partial charge is 0.226 e. The van der Waals surface area contributed by atoms with E-state index in [0.29, 0.717) is 17.0 Å². The zero-order chi connectivity index (χ0) is 17.2. The number of rotatable bonds is 4. The standard InChI is InChI=1S/C18H20ClN5O/c1-12(13-7-3-2-4-8-13)21-16-15-17(23-18(19)22-16)24(11-20-15)14-9-5-6-10-25-14/h2-4,7-8,11-12,14H,5-6,9-10H2,1H3,(H,21,22,23). The SMILES string of the molecule is CC(Nc1nc(Cl)nc2c1ncn2C1CCCCO1)c1ccccc1. The van der Waals surface area contributed by atoms with Gasteiger partial charge in [-0.3, -0.25) is 4.57 Å². The Hall–Kier alpha value is -2.18. The number of imidazole rings is 1. The van der Waals surface area contributed by atoms with Crippen molar-refractivity contribution in [2.75, 3.05) is 11.9 Å². The van der Waals surface area contributed by atoms with Crippen molar-refractivity contribution in [1.82, 2.24) is 19.5 Å². The highest BCUT2D eigenvalue weighted by molar-refractivity contribution is 6.28. The second kappa shape index (κ2) is 6.98. The summed E-state index contributed by atoms with van der Waals surface area (Å²) in [7, 11) is 0. The molecule has 130 valence electrons. The van der Waals surface area contributed by atoms with Crippen LogP contribution >= 0.6 is 11.6 Å². The highest BCUT2D eigenvalue weighted by Gasteiger charge is 2.21. The first-order valence-corrected chi connectivity index (χ1v) is 8.93. The monoisotopic (exact) mass is 357 g/mol. The summed E-state index contributed by atoms with van der Waals surface area (Å²) < 4.78 is 7.82. The van der Waals surface area contributed by atoms with Gasteiger partial charge < -0.3 is 10.1 Å². The van der Waals surface area contributed by atoms with Crippen LogP contribution in [-0.2, 0) is 4.74 Å². The Bertz CT molecular complexity index is 861. The van der Waals surface area contributed by atoms with Crippen LogP contribution in [0.5, 0.6) is 0 Å². The average molecular weight is 358 g/mol. The largest absolute Gasteiger partial charge is 0.362 e. The van der Waals surface area contributed by atoms with E-state index in [4.69, 9.17) is 16.3 Å². The zero-order valence-electron chi connectivity index (χ0n) is 14.0. The summed E-state index contributed by atoms with van der Waals surface area (Å²) in [5.41, 5.74) is 2.58. The Balaban J connectivity index is 1.68. The molecule has 3 aromatic rings. The van der Waals surface area contributed by atoms with Crippen LogP contribution in [-0.4, -0.2) is 26.1 Å². The van der Waals surface area contributed by atoms with E-state index in [1.165, 1.54) is 5.56 Å². The molecule has 0 saturated carbocycles. The van der Waals surface area contributed by atoms with Crippen molar-refractivity contribution in [3.8, 4) is 0 Å². The number of anilines is 1. The Morgan fingerprint density at radius 2 is 2.08 bits per heavy atom. The van der Waals surface area contributed by atoms with Gasteiger partial charge in [0.15, 0.2) is 17.0 Å². The number of benzene rings is 1. The molecule has 1 fully saturated rings. The number of fused-ring (bicyclic) bond motifs is 1. The normalized spacial score (nSPS) is 19.0. The van der Waals surface area contributed by atoms with E-state index in [1.807, 2.05) is 22.8 Å². The molecule has 3 heterocycles. The first-order chi connectivity index (χ1) is 12.2. The van der Waals surface area contributed by atoms with Gasteiger partial charge in [-0.1, -0.05) is 30.3 Å². The van der Waals surface area contributed by atoms with Crippen LogP contribution in [0, 0.1) is 0 Å². The Morgan fingerprint density at radius 1 is 1.24 bits per heavy atom. The van der Waals surface area contributed by atoms with Gasteiger partial charge in [0.25, 0.3) is 0 Å². The molecule has 1 aliphatic heterocycles. The summed E-state index contributed by atoms with van der Waals surface area (Å²) in [6, 6.07) is 10.3. The molecule has 0 aliphatic carbocycles. The van der Waals surface area contributed by atoms with Gasteiger partial charge >= 0.3 is 0 Å².